The Morgan fingerprint density at radius 1 is 1.23 bits per heavy atom. The summed E-state index contributed by atoms with van der Waals surface area (Å²) in [4.78, 5) is 23.1. The average Bonchev–Trinajstić information content (AvgIpc) is 2.53. The maximum absolute atomic E-state index is 12.3. The van der Waals surface area contributed by atoms with Gasteiger partial charge in [0.05, 0.1) is 12.1 Å². The van der Waals surface area contributed by atoms with Crippen molar-refractivity contribution in [2.45, 2.75) is 26.3 Å². The largest absolute Gasteiger partial charge is 0.481 e. The van der Waals surface area contributed by atoms with E-state index in [9.17, 15) is 9.59 Å². The van der Waals surface area contributed by atoms with Gasteiger partial charge < -0.3 is 9.67 Å². The Hall–Kier alpha value is -2.87. The van der Waals surface area contributed by atoms with E-state index >= 15 is 0 Å². The highest BCUT2D eigenvalue weighted by Crippen LogP contribution is 2.19. The molecule has 22 heavy (non-hydrogen) atoms. The smallest absolute Gasteiger partial charge is 0.305 e. The summed E-state index contributed by atoms with van der Waals surface area (Å²) in [6.45, 7) is 2.09. The summed E-state index contributed by atoms with van der Waals surface area (Å²) in [6, 6.07) is 12.7. The van der Waals surface area contributed by atoms with Crippen LogP contribution in [0.4, 0.5) is 0 Å². The fourth-order valence-corrected chi connectivity index (χ4v) is 2.26. The normalized spacial score (nSPS) is 10.2. The number of aromatic nitrogens is 1. The van der Waals surface area contributed by atoms with E-state index in [0.717, 1.165) is 12.0 Å². The summed E-state index contributed by atoms with van der Waals surface area (Å²) in [5, 5.41) is 17.8. The van der Waals surface area contributed by atoms with Crippen molar-refractivity contribution in [2.75, 3.05) is 0 Å². The van der Waals surface area contributed by atoms with Crippen molar-refractivity contribution in [2.24, 2.45) is 0 Å². The minimum absolute atomic E-state index is 0.0133. The summed E-state index contributed by atoms with van der Waals surface area (Å²) in [6.07, 6.45) is 0.744. The Morgan fingerprint density at radius 2 is 1.91 bits per heavy atom. The lowest BCUT2D eigenvalue weighted by Crippen LogP contribution is -2.25. The summed E-state index contributed by atoms with van der Waals surface area (Å²) in [5.41, 5.74) is 2.18. The molecule has 0 unspecified atom stereocenters. The molecule has 0 saturated carbocycles. The van der Waals surface area contributed by atoms with Crippen LogP contribution in [0.3, 0.4) is 0 Å². The predicted molar refractivity (Wildman–Crippen MR) is 82.5 cm³/mol. The Balaban J connectivity index is 2.53. The zero-order chi connectivity index (χ0) is 16.1. The molecule has 0 aliphatic rings. The van der Waals surface area contributed by atoms with Crippen LogP contribution in [0.25, 0.3) is 11.3 Å². The van der Waals surface area contributed by atoms with E-state index < -0.39 is 11.5 Å². The van der Waals surface area contributed by atoms with Crippen LogP contribution in [-0.4, -0.2) is 15.6 Å². The van der Waals surface area contributed by atoms with Gasteiger partial charge in [-0.1, -0.05) is 31.2 Å². The number of hydrogen-bond acceptors (Lipinski definition) is 3. The van der Waals surface area contributed by atoms with Crippen LogP contribution in [0.15, 0.2) is 41.2 Å². The van der Waals surface area contributed by atoms with Gasteiger partial charge in [-0.05, 0) is 29.7 Å². The molecule has 0 fully saturated rings. The third-order valence-corrected chi connectivity index (χ3v) is 3.50. The quantitative estimate of drug-likeness (QED) is 0.918. The van der Waals surface area contributed by atoms with Crippen molar-refractivity contribution >= 4 is 5.97 Å². The van der Waals surface area contributed by atoms with Gasteiger partial charge in [0.25, 0.3) is 5.56 Å². The number of aryl methyl sites for hydroxylation is 1. The third kappa shape index (κ3) is 3.23. The Bertz CT molecular complexity index is 783. The van der Waals surface area contributed by atoms with Gasteiger partial charge in [0.2, 0.25) is 0 Å². The molecular formula is C17H16N2O3. The molecule has 2 aromatic rings. The molecule has 112 valence electrons. The van der Waals surface area contributed by atoms with Crippen molar-refractivity contribution in [3.8, 4) is 17.3 Å². The lowest BCUT2D eigenvalue weighted by molar-refractivity contribution is -0.137. The van der Waals surface area contributed by atoms with E-state index in [1.165, 1.54) is 16.2 Å². The minimum Gasteiger partial charge on any atom is -0.481 e. The van der Waals surface area contributed by atoms with Gasteiger partial charge in [-0.3, -0.25) is 9.59 Å². The van der Waals surface area contributed by atoms with Gasteiger partial charge >= 0.3 is 5.97 Å². The fraction of sp³-hybridized carbons (Fsp3) is 0.235. The van der Waals surface area contributed by atoms with Crippen LogP contribution in [0.5, 0.6) is 0 Å². The minimum atomic E-state index is -0.985. The molecule has 0 amide bonds. The molecule has 5 nitrogen and oxygen atoms in total. The maximum Gasteiger partial charge on any atom is 0.305 e. The van der Waals surface area contributed by atoms with Crippen LogP contribution >= 0.6 is 0 Å². The van der Waals surface area contributed by atoms with E-state index in [2.05, 4.69) is 6.92 Å². The van der Waals surface area contributed by atoms with E-state index in [-0.39, 0.29) is 18.5 Å². The van der Waals surface area contributed by atoms with Crippen LogP contribution in [0.1, 0.15) is 24.5 Å². The molecule has 0 bridgehead atoms. The number of aliphatic carboxylic acids is 1. The molecule has 0 saturated heterocycles. The molecule has 1 aromatic carbocycles. The first-order valence-electron chi connectivity index (χ1n) is 7.02. The van der Waals surface area contributed by atoms with Crippen LogP contribution in [-0.2, 0) is 17.8 Å². The molecule has 5 heteroatoms. The molecule has 1 aromatic heterocycles. The third-order valence-electron chi connectivity index (χ3n) is 3.50. The van der Waals surface area contributed by atoms with Gasteiger partial charge in [-0.25, -0.2) is 0 Å². The highest BCUT2D eigenvalue weighted by molar-refractivity contribution is 5.67. The second kappa shape index (κ2) is 6.72. The lowest BCUT2D eigenvalue weighted by Gasteiger charge is -2.13. The van der Waals surface area contributed by atoms with Crippen molar-refractivity contribution < 1.29 is 9.90 Å². The second-order valence-corrected chi connectivity index (χ2v) is 4.90. The summed E-state index contributed by atoms with van der Waals surface area (Å²) in [7, 11) is 0. The van der Waals surface area contributed by atoms with Crippen molar-refractivity contribution in [1.29, 1.82) is 5.26 Å². The summed E-state index contributed by atoms with van der Waals surface area (Å²) in [5.74, 6) is -0.985. The first-order chi connectivity index (χ1) is 10.6. The Morgan fingerprint density at radius 3 is 2.45 bits per heavy atom. The van der Waals surface area contributed by atoms with Gasteiger partial charge in [-0.2, -0.15) is 5.26 Å². The SMILES string of the molecule is CCc1ccc(-c2ccc(C#N)c(=O)n2CCC(=O)O)cc1. The summed E-state index contributed by atoms with van der Waals surface area (Å²) < 4.78 is 1.35. The number of rotatable bonds is 5. The molecule has 2 rings (SSSR count). The van der Waals surface area contributed by atoms with E-state index in [1.54, 1.807) is 6.07 Å². The highest BCUT2D eigenvalue weighted by Gasteiger charge is 2.11. The number of benzene rings is 1. The molecule has 0 aliphatic heterocycles. The molecule has 0 radical (unpaired) electrons. The Labute approximate surface area is 128 Å². The summed E-state index contributed by atoms with van der Waals surface area (Å²) >= 11 is 0. The molecule has 0 spiro atoms. The number of nitriles is 1. The topological polar surface area (TPSA) is 83.1 Å². The zero-order valence-electron chi connectivity index (χ0n) is 12.2. The van der Waals surface area contributed by atoms with Gasteiger partial charge in [0, 0.05) is 6.54 Å². The standard InChI is InChI=1S/C17H16N2O3/c1-2-12-3-5-13(6-4-12)15-8-7-14(11-18)17(22)19(15)10-9-16(20)21/h3-8H,2,9-10H2,1H3,(H,20,21). The average molecular weight is 296 g/mol. The zero-order valence-corrected chi connectivity index (χ0v) is 12.2. The second-order valence-electron chi connectivity index (χ2n) is 4.90. The van der Waals surface area contributed by atoms with Gasteiger partial charge in [0.1, 0.15) is 11.6 Å². The molecule has 0 aliphatic carbocycles. The number of carboxylic acid groups (broad SMARTS) is 1. The van der Waals surface area contributed by atoms with Crippen LogP contribution in [0.2, 0.25) is 0 Å². The lowest BCUT2D eigenvalue weighted by atomic mass is 10.1. The molecule has 1 heterocycles. The fourth-order valence-electron chi connectivity index (χ4n) is 2.26. The number of carbonyl (C=O) groups is 1. The molecular weight excluding hydrogens is 280 g/mol. The predicted octanol–water partition coefficient (Wildman–Crippen LogP) is 2.42. The van der Waals surface area contributed by atoms with Gasteiger partial charge in [0.15, 0.2) is 0 Å². The number of nitrogens with zero attached hydrogens (tertiary/aromatic N) is 2. The van der Waals surface area contributed by atoms with E-state index in [1.807, 2.05) is 30.3 Å². The van der Waals surface area contributed by atoms with Crippen molar-refractivity contribution in [1.82, 2.24) is 4.57 Å². The number of carboxylic acids is 1. The molecule has 0 atom stereocenters. The first kappa shape index (κ1) is 15.5. The van der Waals surface area contributed by atoms with Crippen LogP contribution < -0.4 is 5.56 Å². The molecule has 1 N–H and O–H groups in total. The number of pyridine rings is 1. The van der Waals surface area contributed by atoms with Crippen molar-refractivity contribution in [3.05, 3.63) is 57.9 Å². The number of hydrogen-bond donors (Lipinski definition) is 1. The van der Waals surface area contributed by atoms with E-state index in [4.69, 9.17) is 10.4 Å². The maximum atomic E-state index is 12.3. The van der Waals surface area contributed by atoms with Crippen molar-refractivity contribution in [3.63, 3.8) is 0 Å². The van der Waals surface area contributed by atoms with Crippen LogP contribution in [0, 0.1) is 11.3 Å². The highest BCUT2D eigenvalue weighted by atomic mass is 16.4. The first-order valence-corrected chi connectivity index (χ1v) is 7.02. The Kier molecular flexibility index (Phi) is 4.74. The van der Waals surface area contributed by atoms with E-state index in [0.29, 0.717) is 5.69 Å². The monoisotopic (exact) mass is 296 g/mol. The van der Waals surface area contributed by atoms with Gasteiger partial charge in [-0.15, -0.1) is 0 Å².